The van der Waals surface area contributed by atoms with Gasteiger partial charge in [-0.1, -0.05) is 42.5 Å². The molecular formula is C21H30N2O2S. The van der Waals surface area contributed by atoms with Gasteiger partial charge in [-0.3, -0.25) is 5.43 Å². The van der Waals surface area contributed by atoms with Crippen LogP contribution in [-0.2, 0) is 12.3 Å². The molecule has 0 amide bonds. The van der Waals surface area contributed by atoms with Crippen molar-refractivity contribution in [3.8, 4) is 5.75 Å². The first-order chi connectivity index (χ1) is 12.6. The number of ether oxygens (including phenoxy) is 1. The van der Waals surface area contributed by atoms with Crippen molar-refractivity contribution >= 4 is 11.8 Å². The summed E-state index contributed by atoms with van der Waals surface area (Å²) in [6.45, 7) is 5.19. The fraction of sp³-hybridized carbons (Fsp3) is 0.429. The Bertz CT molecular complexity index is 620. The van der Waals surface area contributed by atoms with Gasteiger partial charge in [0.15, 0.2) is 0 Å². The first-order valence-corrected chi connectivity index (χ1v) is 10.2. The Morgan fingerprint density at radius 3 is 2.31 bits per heavy atom. The average molecular weight is 375 g/mol. The maximum atomic E-state index is 9.90. The van der Waals surface area contributed by atoms with E-state index in [9.17, 15) is 5.11 Å². The van der Waals surface area contributed by atoms with Gasteiger partial charge in [0.2, 0.25) is 0 Å². The normalized spacial score (nSPS) is 12.5. The SMILES string of the molecule is COc1ccc(CSC[C@@H](CO)N(NCc2ccccc2)C(C)C)cc1. The first kappa shape index (κ1) is 20.8. The lowest BCUT2D eigenvalue weighted by atomic mass is 10.2. The fourth-order valence-corrected chi connectivity index (χ4v) is 3.85. The van der Waals surface area contributed by atoms with Crippen molar-refractivity contribution in [3.63, 3.8) is 0 Å². The minimum atomic E-state index is 0.0713. The molecule has 0 heterocycles. The zero-order chi connectivity index (χ0) is 18.8. The molecule has 2 N–H and O–H groups in total. The van der Waals surface area contributed by atoms with Crippen molar-refractivity contribution in [2.24, 2.45) is 0 Å². The number of thioether (sulfide) groups is 1. The van der Waals surface area contributed by atoms with E-state index in [1.54, 1.807) is 7.11 Å². The molecule has 2 aromatic carbocycles. The zero-order valence-electron chi connectivity index (χ0n) is 15.9. The Morgan fingerprint density at radius 1 is 1.04 bits per heavy atom. The summed E-state index contributed by atoms with van der Waals surface area (Å²) >= 11 is 1.84. The second kappa shape index (κ2) is 11.2. The maximum absolute atomic E-state index is 9.90. The molecule has 0 saturated heterocycles. The zero-order valence-corrected chi connectivity index (χ0v) is 16.7. The average Bonchev–Trinajstić information content (AvgIpc) is 2.67. The largest absolute Gasteiger partial charge is 0.497 e. The van der Waals surface area contributed by atoms with Crippen LogP contribution in [0.3, 0.4) is 0 Å². The number of benzene rings is 2. The van der Waals surface area contributed by atoms with E-state index >= 15 is 0 Å². The number of hydrazine groups is 1. The number of rotatable bonds is 11. The van der Waals surface area contributed by atoms with E-state index in [2.05, 4.69) is 48.5 Å². The molecule has 26 heavy (non-hydrogen) atoms. The number of hydrogen-bond acceptors (Lipinski definition) is 5. The topological polar surface area (TPSA) is 44.7 Å². The summed E-state index contributed by atoms with van der Waals surface area (Å²) in [4.78, 5) is 0. The third kappa shape index (κ3) is 6.65. The van der Waals surface area contributed by atoms with Crippen LogP contribution in [0.5, 0.6) is 5.75 Å². The van der Waals surface area contributed by atoms with Crippen molar-refractivity contribution < 1.29 is 9.84 Å². The van der Waals surface area contributed by atoms with Crippen LogP contribution in [0.15, 0.2) is 54.6 Å². The Morgan fingerprint density at radius 2 is 1.73 bits per heavy atom. The van der Waals surface area contributed by atoms with Crippen LogP contribution in [0.2, 0.25) is 0 Å². The summed E-state index contributed by atoms with van der Waals surface area (Å²) in [6, 6.07) is 18.9. The molecule has 5 heteroatoms. The molecular weight excluding hydrogens is 344 g/mol. The molecule has 0 aliphatic heterocycles. The molecule has 0 aliphatic carbocycles. The maximum Gasteiger partial charge on any atom is 0.118 e. The Labute approximate surface area is 161 Å². The minimum Gasteiger partial charge on any atom is -0.497 e. The highest BCUT2D eigenvalue weighted by molar-refractivity contribution is 7.98. The molecule has 0 spiro atoms. The van der Waals surface area contributed by atoms with Crippen LogP contribution < -0.4 is 10.2 Å². The highest BCUT2D eigenvalue weighted by Crippen LogP contribution is 2.19. The lowest BCUT2D eigenvalue weighted by Crippen LogP contribution is -2.52. The van der Waals surface area contributed by atoms with Crippen molar-refractivity contribution in [3.05, 3.63) is 65.7 Å². The standard InChI is InChI=1S/C21H30N2O2S/c1-17(2)23(22-13-18-7-5-4-6-8-18)20(14-24)16-26-15-19-9-11-21(25-3)12-10-19/h4-12,17,20,22,24H,13-16H2,1-3H3/t20-/m1/s1. The predicted octanol–water partition coefficient (Wildman–Crippen LogP) is 3.70. The number of nitrogens with one attached hydrogen (secondary N) is 1. The smallest absolute Gasteiger partial charge is 0.118 e. The van der Waals surface area contributed by atoms with E-state index in [0.717, 1.165) is 23.8 Å². The van der Waals surface area contributed by atoms with Gasteiger partial charge < -0.3 is 9.84 Å². The minimum absolute atomic E-state index is 0.0713. The van der Waals surface area contributed by atoms with Crippen LogP contribution in [0.4, 0.5) is 0 Å². The molecule has 0 fully saturated rings. The number of methoxy groups -OCH3 is 1. The predicted molar refractivity (Wildman–Crippen MR) is 110 cm³/mol. The molecule has 0 bridgehead atoms. The molecule has 2 aromatic rings. The van der Waals surface area contributed by atoms with Gasteiger partial charge in [-0.25, -0.2) is 5.01 Å². The van der Waals surface area contributed by atoms with Gasteiger partial charge in [0.25, 0.3) is 0 Å². The van der Waals surface area contributed by atoms with Gasteiger partial charge in [0.1, 0.15) is 5.75 Å². The molecule has 0 aromatic heterocycles. The van der Waals surface area contributed by atoms with Crippen molar-refractivity contribution in [2.45, 2.75) is 38.2 Å². The van der Waals surface area contributed by atoms with Gasteiger partial charge in [0.05, 0.1) is 19.8 Å². The van der Waals surface area contributed by atoms with Crippen LogP contribution >= 0.6 is 11.8 Å². The van der Waals surface area contributed by atoms with E-state index in [4.69, 9.17) is 4.74 Å². The van der Waals surface area contributed by atoms with Crippen LogP contribution in [0.1, 0.15) is 25.0 Å². The van der Waals surface area contributed by atoms with E-state index in [0.29, 0.717) is 6.04 Å². The lowest BCUT2D eigenvalue weighted by Gasteiger charge is -2.34. The second-order valence-electron chi connectivity index (χ2n) is 6.52. The first-order valence-electron chi connectivity index (χ1n) is 9.01. The summed E-state index contributed by atoms with van der Waals surface area (Å²) in [5.41, 5.74) is 6.00. The fourth-order valence-electron chi connectivity index (χ4n) is 2.77. The Kier molecular flexibility index (Phi) is 8.98. The van der Waals surface area contributed by atoms with Crippen molar-refractivity contribution in [1.82, 2.24) is 10.4 Å². The van der Waals surface area contributed by atoms with Crippen LogP contribution in [-0.4, -0.2) is 41.7 Å². The third-order valence-corrected chi connectivity index (χ3v) is 5.37. The van der Waals surface area contributed by atoms with Crippen LogP contribution in [0.25, 0.3) is 0 Å². The number of hydrogen-bond donors (Lipinski definition) is 2. The quantitative estimate of drug-likeness (QED) is 0.587. The molecule has 0 aliphatic rings. The number of nitrogens with zero attached hydrogens (tertiary/aromatic N) is 1. The molecule has 1 atom stereocenters. The van der Waals surface area contributed by atoms with Gasteiger partial charge in [-0.15, -0.1) is 0 Å². The molecule has 0 saturated carbocycles. The summed E-state index contributed by atoms with van der Waals surface area (Å²) in [7, 11) is 1.68. The second-order valence-corrected chi connectivity index (χ2v) is 7.55. The Balaban J connectivity index is 1.86. The highest BCUT2D eigenvalue weighted by Gasteiger charge is 2.20. The van der Waals surface area contributed by atoms with E-state index in [1.807, 2.05) is 42.1 Å². The number of aliphatic hydroxyl groups is 1. The van der Waals surface area contributed by atoms with Gasteiger partial charge in [-0.2, -0.15) is 11.8 Å². The molecule has 4 nitrogen and oxygen atoms in total. The van der Waals surface area contributed by atoms with Crippen molar-refractivity contribution in [2.75, 3.05) is 19.5 Å². The van der Waals surface area contributed by atoms with Crippen LogP contribution in [0, 0.1) is 0 Å². The Hall–Kier alpha value is -1.53. The van der Waals surface area contributed by atoms with Gasteiger partial charge in [0, 0.05) is 24.1 Å². The van der Waals surface area contributed by atoms with E-state index < -0.39 is 0 Å². The third-order valence-electron chi connectivity index (χ3n) is 4.21. The highest BCUT2D eigenvalue weighted by atomic mass is 32.2. The molecule has 2 rings (SSSR count). The van der Waals surface area contributed by atoms with Crippen molar-refractivity contribution in [1.29, 1.82) is 0 Å². The summed E-state index contributed by atoms with van der Waals surface area (Å²) in [5, 5.41) is 12.1. The summed E-state index contributed by atoms with van der Waals surface area (Å²) in [5.74, 6) is 2.66. The molecule has 0 unspecified atom stereocenters. The van der Waals surface area contributed by atoms with E-state index in [1.165, 1.54) is 11.1 Å². The summed E-state index contributed by atoms with van der Waals surface area (Å²) < 4.78 is 5.20. The molecule has 142 valence electrons. The summed E-state index contributed by atoms with van der Waals surface area (Å²) in [6.07, 6.45) is 0. The monoisotopic (exact) mass is 374 g/mol. The van der Waals surface area contributed by atoms with Gasteiger partial charge in [-0.05, 0) is 37.1 Å². The lowest BCUT2D eigenvalue weighted by molar-refractivity contribution is 0.0560. The van der Waals surface area contributed by atoms with Gasteiger partial charge >= 0.3 is 0 Å². The number of aliphatic hydroxyl groups excluding tert-OH is 1. The molecule has 0 radical (unpaired) electrons. The van der Waals surface area contributed by atoms with E-state index in [-0.39, 0.29) is 12.6 Å².